The van der Waals surface area contributed by atoms with E-state index in [1.165, 1.54) is 12.8 Å². The summed E-state index contributed by atoms with van der Waals surface area (Å²) >= 11 is 0. The van der Waals surface area contributed by atoms with Crippen LogP contribution in [0, 0.1) is 5.41 Å². The van der Waals surface area contributed by atoms with E-state index in [-0.39, 0.29) is 0 Å². The van der Waals surface area contributed by atoms with Gasteiger partial charge in [0.15, 0.2) is 0 Å². The minimum Gasteiger partial charge on any atom is -0.313 e. The summed E-state index contributed by atoms with van der Waals surface area (Å²) in [6.07, 6.45) is 5.22. The molecular formula is C10H18N4. The highest BCUT2D eigenvalue weighted by Crippen LogP contribution is 2.47. The molecule has 0 saturated heterocycles. The van der Waals surface area contributed by atoms with Crippen molar-refractivity contribution in [2.24, 2.45) is 5.41 Å². The molecule has 0 aromatic carbocycles. The Morgan fingerprint density at radius 1 is 1.64 bits per heavy atom. The average molecular weight is 194 g/mol. The molecule has 1 atom stereocenters. The molecule has 1 heterocycles. The second-order valence-electron chi connectivity index (χ2n) is 4.51. The zero-order valence-electron chi connectivity index (χ0n) is 8.88. The molecule has 4 nitrogen and oxygen atoms in total. The van der Waals surface area contributed by atoms with Crippen LogP contribution in [0.2, 0.25) is 0 Å². The summed E-state index contributed by atoms with van der Waals surface area (Å²) in [6, 6.07) is 0.616. The number of nitrogens with one attached hydrogen (secondary N) is 2. The summed E-state index contributed by atoms with van der Waals surface area (Å²) in [5.74, 6) is 0.964. The van der Waals surface area contributed by atoms with Crippen molar-refractivity contribution in [1.82, 2.24) is 20.5 Å². The molecule has 0 aliphatic heterocycles. The van der Waals surface area contributed by atoms with Crippen LogP contribution in [0.15, 0.2) is 6.33 Å². The lowest BCUT2D eigenvalue weighted by atomic mass is 10.0. The van der Waals surface area contributed by atoms with E-state index in [0.717, 1.165) is 18.8 Å². The number of H-pyrrole nitrogens is 1. The normalized spacial score (nSPS) is 20.7. The maximum Gasteiger partial charge on any atom is 0.137 e. The van der Waals surface area contributed by atoms with E-state index in [0.29, 0.717) is 11.5 Å². The molecule has 0 radical (unpaired) electrons. The van der Waals surface area contributed by atoms with Crippen LogP contribution in [0.3, 0.4) is 0 Å². The van der Waals surface area contributed by atoms with E-state index in [2.05, 4.69) is 34.3 Å². The molecule has 2 rings (SSSR count). The predicted octanol–water partition coefficient (Wildman–Crippen LogP) is 1.13. The highest BCUT2D eigenvalue weighted by Gasteiger charge is 2.41. The monoisotopic (exact) mass is 194 g/mol. The molecule has 4 heteroatoms. The Hall–Kier alpha value is -0.900. The van der Waals surface area contributed by atoms with Gasteiger partial charge in [-0.15, -0.1) is 0 Å². The van der Waals surface area contributed by atoms with Crippen molar-refractivity contribution in [3.05, 3.63) is 12.2 Å². The molecule has 14 heavy (non-hydrogen) atoms. The maximum absolute atomic E-state index is 4.08. The van der Waals surface area contributed by atoms with Crippen molar-refractivity contribution in [3.8, 4) is 0 Å². The number of hydrogen-bond donors (Lipinski definition) is 2. The zero-order chi connectivity index (χ0) is 10.0. The van der Waals surface area contributed by atoms with Crippen molar-refractivity contribution in [1.29, 1.82) is 0 Å². The van der Waals surface area contributed by atoms with Crippen molar-refractivity contribution >= 4 is 0 Å². The second kappa shape index (κ2) is 3.69. The van der Waals surface area contributed by atoms with Gasteiger partial charge in [0.25, 0.3) is 0 Å². The van der Waals surface area contributed by atoms with Crippen LogP contribution in [-0.4, -0.2) is 27.8 Å². The third kappa shape index (κ3) is 2.12. The van der Waals surface area contributed by atoms with Crippen LogP contribution in [0.25, 0.3) is 0 Å². The fourth-order valence-corrected chi connectivity index (χ4v) is 1.63. The number of aromatic nitrogens is 3. The molecule has 1 aromatic rings. The lowest BCUT2D eigenvalue weighted by Crippen LogP contribution is -2.34. The maximum atomic E-state index is 4.08. The molecule has 0 bridgehead atoms. The van der Waals surface area contributed by atoms with Crippen LogP contribution in [0.5, 0.6) is 0 Å². The van der Waals surface area contributed by atoms with Crippen LogP contribution in [0.1, 0.15) is 32.5 Å². The largest absolute Gasteiger partial charge is 0.313 e. The van der Waals surface area contributed by atoms with E-state index in [4.69, 9.17) is 0 Å². The van der Waals surface area contributed by atoms with Crippen LogP contribution >= 0.6 is 0 Å². The van der Waals surface area contributed by atoms with Gasteiger partial charge >= 0.3 is 0 Å². The van der Waals surface area contributed by atoms with Crippen molar-refractivity contribution in [2.45, 2.75) is 39.2 Å². The number of rotatable bonds is 5. The van der Waals surface area contributed by atoms with Crippen LogP contribution < -0.4 is 5.32 Å². The van der Waals surface area contributed by atoms with Crippen LogP contribution in [0.4, 0.5) is 0 Å². The van der Waals surface area contributed by atoms with E-state index >= 15 is 0 Å². The molecule has 1 aliphatic carbocycles. The third-order valence-electron chi connectivity index (χ3n) is 3.36. The second-order valence-corrected chi connectivity index (χ2v) is 4.51. The standard InChI is InChI=1S/C10H18N4/c1-8(10(2)4-5-10)11-6-3-9-12-7-13-14-9/h7-8,11H,3-6H2,1-2H3,(H,12,13,14). The molecule has 1 unspecified atom stereocenters. The number of aromatic amines is 1. The Morgan fingerprint density at radius 3 is 3.00 bits per heavy atom. The minimum atomic E-state index is 0.557. The Labute approximate surface area is 84.5 Å². The molecule has 1 aliphatic rings. The number of hydrogen-bond acceptors (Lipinski definition) is 3. The Bertz CT molecular complexity index is 276. The molecule has 0 spiro atoms. The van der Waals surface area contributed by atoms with Gasteiger partial charge < -0.3 is 5.32 Å². The first-order valence-electron chi connectivity index (χ1n) is 5.28. The van der Waals surface area contributed by atoms with E-state index < -0.39 is 0 Å². The van der Waals surface area contributed by atoms with E-state index in [1.807, 2.05) is 0 Å². The van der Waals surface area contributed by atoms with Gasteiger partial charge in [0, 0.05) is 19.0 Å². The fourth-order valence-electron chi connectivity index (χ4n) is 1.63. The van der Waals surface area contributed by atoms with Gasteiger partial charge in [0.1, 0.15) is 12.2 Å². The topological polar surface area (TPSA) is 53.6 Å². The highest BCUT2D eigenvalue weighted by molar-refractivity contribution is 4.96. The molecule has 0 amide bonds. The number of nitrogens with zero attached hydrogens (tertiary/aromatic N) is 2. The Balaban J connectivity index is 1.68. The lowest BCUT2D eigenvalue weighted by Gasteiger charge is -2.19. The van der Waals surface area contributed by atoms with Crippen LogP contribution in [-0.2, 0) is 6.42 Å². The first kappa shape index (κ1) is 9.65. The van der Waals surface area contributed by atoms with Gasteiger partial charge in [-0.25, -0.2) is 4.98 Å². The van der Waals surface area contributed by atoms with Gasteiger partial charge in [-0.05, 0) is 25.2 Å². The minimum absolute atomic E-state index is 0.557. The summed E-state index contributed by atoms with van der Waals surface area (Å²) in [7, 11) is 0. The molecule has 78 valence electrons. The Morgan fingerprint density at radius 2 is 2.43 bits per heavy atom. The average Bonchev–Trinajstić information content (AvgIpc) is 2.73. The summed E-state index contributed by atoms with van der Waals surface area (Å²) < 4.78 is 0. The van der Waals surface area contributed by atoms with Gasteiger partial charge in [0.05, 0.1) is 0 Å². The van der Waals surface area contributed by atoms with Crippen molar-refractivity contribution < 1.29 is 0 Å². The SMILES string of the molecule is CC(NCCc1ncn[nH]1)C1(C)CC1. The van der Waals surface area contributed by atoms with E-state index in [1.54, 1.807) is 6.33 Å². The highest BCUT2D eigenvalue weighted by atomic mass is 15.2. The molecule has 1 fully saturated rings. The van der Waals surface area contributed by atoms with Gasteiger partial charge in [0.2, 0.25) is 0 Å². The molecule has 1 saturated carbocycles. The summed E-state index contributed by atoms with van der Waals surface area (Å²) in [5.41, 5.74) is 0.557. The fraction of sp³-hybridized carbons (Fsp3) is 0.800. The first-order chi connectivity index (χ1) is 6.71. The molecule has 1 aromatic heterocycles. The van der Waals surface area contributed by atoms with Crippen molar-refractivity contribution in [3.63, 3.8) is 0 Å². The summed E-state index contributed by atoms with van der Waals surface area (Å²) in [6.45, 7) is 5.60. The van der Waals surface area contributed by atoms with Gasteiger partial charge in [-0.1, -0.05) is 6.92 Å². The van der Waals surface area contributed by atoms with Gasteiger partial charge in [-0.3, -0.25) is 5.10 Å². The zero-order valence-corrected chi connectivity index (χ0v) is 8.88. The van der Waals surface area contributed by atoms with E-state index in [9.17, 15) is 0 Å². The summed E-state index contributed by atoms with van der Waals surface area (Å²) in [4.78, 5) is 4.08. The van der Waals surface area contributed by atoms with Crippen molar-refractivity contribution in [2.75, 3.05) is 6.54 Å². The smallest absolute Gasteiger partial charge is 0.137 e. The third-order valence-corrected chi connectivity index (χ3v) is 3.36. The first-order valence-corrected chi connectivity index (χ1v) is 5.28. The summed E-state index contributed by atoms with van der Waals surface area (Å²) in [5, 5.41) is 10.2. The predicted molar refractivity (Wildman–Crippen MR) is 54.9 cm³/mol. The van der Waals surface area contributed by atoms with Gasteiger partial charge in [-0.2, -0.15) is 5.10 Å². The molecule has 2 N–H and O–H groups in total. The quantitative estimate of drug-likeness (QED) is 0.738. The Kier molecular flexibility index (Phi) is 2.54. The lowest BCUT2D eigenvalue weighted by molar-refractivity contribution is 0.382. The molecular weight excluding hydrogens is 176 g/mol.